The molecule has 4 rings (SSSR count). The van der Waals surface area contributed by atoms with Crippen molar-refractivity contribution in [2.24, 2.45) is 5.92 Å². The summed E-state index contributed by atoms with van der Waals surface area (Å²) in [4.78, 5) is 28.7. The van der Waals surface area contributed by atoms with Gasteiger partial charge in [0.2, 0.25) is 5.91 Å². The first kappa shape index (κ1) is 27.1. The highest BCUT2D eigenvalue weighted by atomic mass is 16.5. The molecule has 1 aliphatic heterocycles. The van der Waals surface area contributed by atoms with Crippen LogP contribution in [0.4, 0.5) is 0 Å². The van der Waals surface area contributed by atoms with E-state index in [9.17, 15) is 24.7 Å². The first-order valence-corrected chi connectivity index (χ1v) is 13.0. The van der Waals surface area contributed by atoms with Crippen LogP contribution in [0.25, 0.3) is 0 Å². The van der Waals surface area contributed by atoms with Crippen molar-refractivity contribution in [2.75, 3.05) is 26.3 Å². The van der Waals surface area contributed by atoms with Crippen LogP contribution in [0, 0.1) is 5.92 Å². The van der Waals surface area contributed by atoms with E-state index in [2.05, 4.69) is 15.5 Å². The van der Waals surface area contributed by atoms with Crippen LogP contribution in [0.15, 0.2) is 48.5 Å². The van der Waals surface area contributed by atoms with E-state index in [-0.39, 0.29) is 12.2 Å². The maximum Gasteiger partial charge on any atom is 0.475 e. The third kappa shape index (κ3) is 7.78. The standard InChI is InChI=1S/C27H36BN3O6/c32-24-10-9-21(17-22(24)18-31-11-13-37-14-12-31)26(33)29-23(15-19-5-2-1-3-6-19)27(34)30-25(28(35)36)16-20-7-4-8-20/h1-3,5-6,9-10,17,20,23,25,32,35-36H,4,7-8,11-16,18H2,(H,29,33)(H,30,34)/t23-,25?/m0/s1. The highest BCUT2D eigenvalue weighted by Gasteiger charge is 2.33. The van der Waals surface area contributed by atoms with E-state index in [1.807, 2.05) is 30.3 Å². The predicted octanol–water partition coefficient (Wildman–Crippen LogP) is 1.25. The van der Waals surface area contributed by atoms with Crippen LogP contribution in [0.2, 0.25) is 0 Å². The lowest BCUT2D eigenvalue weighted by atomic mass is 9.69. The number of phenolic OH excluding ortho intramolecular Hbond substituents is 1. The fourth-order valence-corrected chi connectivity index (χ4v) is 4.78. The molecule has 1 saturated carbocycles. The Bertz CT molecular complexity index is 1040. The number of nitrogens with one attached hydrogen (secondary N) is 2. The van der Waals surface area contributed by atoms with Crippen LogP contribution < -0.4 is 10.6 Å². The number of carbonyl (C=O) groups is 2. The van der Waals surface area contributed by atoms with Crippen molar-refractivity contribution in [3.05, 3.63) is 65.2 Å². The molecule has 198 valence electrons. The van der Waals surface area contributed by atoms with Gasteiger partial charge < -0.3 is 30.5 Å². The lowest BCUT2D eigenvalue weighted by Gasteiger charge is -2.30. The minimum atomic E-state index is -1.68. The summed E-state index contributed by atoms with van der Waals surface area (Å²) in [6.07, 6.45) is 3.86. The van der Waals surface area contributed by atoms with E-state index >= 15 is 0 Å². The van der Waals surface area contributed by atoms with E-state index in [0.29, 0.717) is 43.2 Å². The molecule has 1 aliphatic carbocycles. The van der Waals surface area contributed by atoms with Gasteiger partial charge in [-0.2, -0.15) is 0 Å². The average molecular weight is 509 g/mol. The Hall–Kier alpha value is -2.92. The van der Waals surface area contributed by atoms with Crippen LogP contribution in [0.5, 0.6) is 5.75 Å². The number of hydrogen-bond acceptors (Lipinski definition) is 7. The van der Waals surface area contributed by atoms with Gasteiger partial charge >= 0.3 is 7.12 Å². The smallest absolute Gasteiger partial charge is 0.475 e. The molecular formula is C27H36BN3O6. The molecule has 2 atom stereocenters. The average Bonchev–Trinajstić information content (AvgIpc) is 2.87. The molecule has 1 heterocycles. The number of amides is 2. The van der Waals surface area contributed by atoms with Gasteiger partial charge in [-0.05, 0) is 36.1 Å². The first-order chi connectivity index (χ1) is 17.9. The molecule has 2 aromatic rings. The van der Waals surface area contributed by atoms with Crippen molar-refractivity contribution >= 4 is 18.9 Å². The predicted molar refractivity (Wildman–Crippen MR) is 140 cm³/mol. The molecule has 1 unspecified atom stereocenters. The van der Waals surface area contributed by atoms with Gasteiger partial charge in [0.25, 0.3) is 5.91 Å². The van der Waals surface area contributed by atoms with E-state index in [0.717, 1.165) is 37.9 Å². The third-order valence-electron chi connectivity index (χ3n) is 7.24. The molecule has 9 nitrogen and oxygen atoms in total. The fraction of sp³-hybridized carbons (Fsp3) is 0.481. The van der Waals surface area contributed by atoms with Crippen molar-refractivity contribution in [3.8, 4) is 5.75 Å². The molecule has 0 aromatic heterocycles. The van der Waals surface area contributed by atoms with Crippen molar-refractivity contribution in [1.82, 2.24) is 15.5 Å². The minimum Gasteiger partial charge on any atom is -0.508 e. The quantitative estimate of drug-likeness (QED) is 0.288. The summed E-state index contributed by atoms with van der Waals surface area (Å²) >= 11 is 0. The number of carbonyl (C=O) groups excluding carboxylic acids is 2. The topological polar surface area (TPSA) is 131 Å². The molecule has 10 heteroatoms. The Morgan fingerprint density at radius 3 is 2.43 bits per heavy atom. The van der Waals surface area contributed by atoms with Crippen molar-refractivity contribution in [1.29, 1.82) is 0 Å². The molecule has 0 spiro atoms. The van der Waals surface area contributed by atoms with Crippen LogP contribution >= 0.6 is 0 Å². The normalized spacial score (nSPS) is 17.9. The second-order valence-electron chi connectivity index (χ2n) is 10.0. The van der Waals surface area contributed by atoms with Crippen molar-refractivity contribution in [3.63, 3.8) is 0 Å². The highest BCUT2D eigenvalue weighted by Crippen LogP contribution is 2.30. The maximum atomic E-state index is 13.3. The Labute approximate surface area is 218 Å². The Balaban J connectivity index is 1.47. The molecule has 1 saturated heterocycles. The summed E-state index contributed by atoms with van der Waals surface area (Å²) in [5.74, 6) is -1.25. The first-order valence-electron chi connectivity index (χ1n) is 13.0. The van der Waals surface area contributed by atoms with E-state index < -0.39 is 30.9 Å². The number of rotatable bonds is 11. The molecule has 2 amide bonds. The third-order valence-corrected chi connectivity index (χ3v) is 7.24. The SMILES string of the molecule is O=C(N[C@@H](Cc1ccccc1)C(=O)NC(CC1CCC1)B(O)O)c1ccc(O)c(CN2CCOCC2)c1. The van der Waals surface area contributed by atoms with E-state index in [1.54, 1.807) is 6.07 Å². The molecule has 2 aromatic carbocycles. The molecule has 5 N–H and O–H groups in total. The second kappa shape index (κ2) is 13.1. The molecule has 2 fully saturated rings. The number of morpholine rings is 1. The second-order valence-corrected chi connectivity index (χ2v) is 10.0. The van der Waals surface area contributed by atoms with Crippen molar-refractivity contribution in [2.45, 2.75) is 50.6 Å². The Morgan fingerprint density at radius 1 is 1.05 bits per heavy atom. The van der Waals surface area contributed by atoms with Gasteiger partial charge in [0.05, 0.1) is 19.2 Å². The Kier molecular flexibility index (Phi) is 9.57. The van der Waals surface area contributed by atoms with Gasteiger partial charge in [-0.15, -0.1) is 0 Å². The largest absolute Gasteiger partial charge is 0.508 e. The number of hydrogen-bond donors (Lipinski definition) is 5. The van der Waals surface area contributed by atoms with Gasteiger partial charge in [-0.3, -0.25) is 14.5 Å². The molecular weight excluding hydrogens is 473 g/mol. The van der Waals surface area contributed by atoms with E-state index in [1.165, 1.54) is 12.1 Å². The zero-order valence-corrected chi connectivity index (χ0v) is 21.0. The van der Waals surface area contributed by atoms with Crippen LogP contribution in [-0.4, -0.2) is 77.3 Å². The molecule has 37 heavy (non-hydrogen) atoms. The summed E-state index contributed by atoms with van der Waals surface area (Å²) in [5.41, 5.74) is 1.82. The lowest BCUT2D eigenvalue weighted by molar-refractivity contribution is -0.123. The number of benzene rings is 2. The number of nitrogens with zero attached hydrogens (tertiary/aromatic N) is 1. The summed E-state index contributed by atoms with van der Waals surface area (Å²) in [5, 5.41) is 35.7. The summed E-state index contributed by atoms with van der Waals surface area (Å²) in [6, 6.07) is 13.1. The Morgan fingerprint density at radius 2 is 1.78 bits per heavy atom. The molecule has 0 radical (unpaired) electrons. The highest BCUT2D eigenvalue weighted by molar-refractivity contribution is 6.43. The van der Waals surface area contributed by atoms with E-state index in [4.69, 9.17) is 4.74 Å². The van der Waals surface area contributed by atoms with Crippen LogP contribution in [0.1, 0.15) is 47.2 Å². The minimum absolute atomic E-state index is 0.109. The van der Waals surface area contributed by atoms with Gasteiger partial charge in [-0.25, -0.2) is 0 Å². The molecule has 0 bridgehead atoms. The zero-order valence-electron chi connectivity index (χ0n) is 21.0. The van der Waals surface area contributed by atoms with Gasteiger partial charge in [0, 0.05) is 37.2 Å². The number of aromatic hydroxyl groups is 1. The van der Waals surface area contributed by atoms with Gasteiger partial charge in [0.1, 0.15) is 11.8 Å². The number of phenols is 1. The maximum absolute atomic E-state index is 13.3. The summed E-state index contributed by atoms with van der Waals surface area (Å²) in [6.45, 7) is 3.23. The zero-order chi connectivity index (χ0) is 26.2. The fourth-order valence-electron chi connectivity index (χ4n) is 4.78. The van der Waals surface area contributed by atoms with Gasteiger partial charge in [-0.1, -0.05) is 49.6 Å². The summed E-state index contributed by atoms with van der Waals surface area (Å²) in [7, 11) is -1.68. The van der Waals surface area contributed by atoms with Gasteiger partial charge in [0.15, 0.2) is 0 Å². The monoisotopic (exact) mass is 509 g/mol. The summed E-state index contributed by atoms with van der Waals surface area (Å²) < 4.78 is 5.38. The van der Waals surface area contributed by atoms with Crippen LogP contribution in [0.3, 0.4) is 0 Å². The van der Waals surface area contributed by atoms with Crippen LogP contribution in [-0.2, 0) is 22.5 Å². The lowest BCUT2D eigenvalue weighted by Crippen LogP contribution is -2.55. The van der Waals surface area contributed by atoms with Crippen molar-refractivity contribution < 1.29 is 29.5 Å². The molecule has 2 aliphatic rings. The number of ether oxygens (including phenoxy) is 1.